The van der Waals surface area contributed by atoms with Crippen LogP contribution in [0.15, 0.2) is 47.5 Å². The molecule has 0 atom stereocenters. The Morgan fingerprint density at radius 1 is 0.739 bits per heavy atom. The van der Waals surface area contributed by atoms with Crippen LogP contribution in [0.3, 0.4) is 0 Å². The number of halogens is 2. The van der Waals surface area contributed by atoms with E-state index in [0.29, 0.717) is 0 Å². The first kappa shape index (κ1) is 15.1. The lowest BCUT2D eigenvalue weighted by Gasteiger charge is -2.28. The molecule has 0 radical (unpaired) electrons. The molecule has 0 aliphatic heterocycles. The molecule has 0 heterocycles. The molecule has 2 aliphatic rings. The minimum atomic E-state index is 0.0387. The van der Waals surface area contributed by atoms with Gasteiger partial charge in [0.15, 0.2) is 0 Å². The van der Waals surface area contributed by atoms with Crippen molar-refractivity contribution in [3.63, 3.8) is 0 Å². The molecule has 23 heavy (non-hydrogen) atoms. The van der Waals surface area contributed by atoms with Crippen molar-refractivity contribution in [3.05, 3.63) is 79.8 Å². The van der Waals surface area contributed by atoms with Crippen molar-refractivity contribution in [2.24, 2.45) is 5.41 Å². The highest BCUT2D eigenvalue weighted by Crippen LogP contribution is 2.46. The summed E-state index contributed by atoms with van der Waals surface area (Å²) in [6, 6.07) is 12.4. The maximum Gasteiger partial charge on any atom is 0.0412 e. The molecule has 2 heteroatoms. The summed E-state index contributed by atoms with van der Waals surface area (Å²) in [7, 11) is 0. The molecule has 0 aromatic heterocycles. The maximum atomic E-state index is 6.14. The first-order valence-electron chi connectivity index (χ1n) is 7.92. The third-order valence-electron chi connectivity index (χ3n) is 5.24. The summed E-state index contributed by atoms with van der Waals surface area (Å²) in [5.41, 5.74) is 8.23. The van der Waals surface area contributed by atoms with Crippen molar-refractivity contribution in [1.29, 1.82) is 0 Å². The molecule has 0 N–H and O–H groups in total. The van der Waals surface area contributed by atoms with Gasteiger partial charge in [-0.15, -0.1) is 0 Å². The Kier molecular flexibility index (Phi) is 3.44. The van der Waals surface area contributed by atoms with Gasteiger partial charge in [-0.25, -0.2) is 0 Å². The van der Waals surface area contributed by atoms with Gasteiger partial charge in [0.05, 0.1) is 0 Å². The van der Waals surface area contributed by atoms with Crippen molar-refractivity contribution < 1.29 is 0 Å². The van der Waals surface area contributed by atoms with Crippen molar-refractivity contribution >= 4 is 35.4 Å². The largest absolute Gasteiger partial charge is 0.0843 e. The monoisotopic (exact) mass is 340 g/mol. The lowest BCUT2D eigenvalue weighted by molar-refractivity contribution is 0.526. The van der Waals surface area contributed by atoms with Crippen LogP contribution in [0.5, 0.6) is 0 Å². The molecule has 2 aliphatic carbocycles. The first-order valence-corrected chi connectivity index (χ1v) is 8.68. The van der Waals surface area contributed by atoms with E-state index in [4.69, 9.17) is 23.2 Å². The summed E-state index contributed by atoms with van der Waals surface area (Å²) in [5, 5.41) is 1.61. The van der Waals surface area contributed by atoms with E-state index in [-0.39, 0.29) is 5.41 Å². The van der Waals surface area contributed by atoms with Crippen molar-refractivity contribution in [1.82, 2.24) is 0 Å². The number of allylic oxidation sites excluding steroid dienone is 2. The normalized spacial score (nSPS) is 16.0. The van der Waals surface area contributed by atoms with Crippen LogP contribution in [-0.4, -0.2) is 0 Å². The van der Waals surface area contributed by atoms with Gasteiger partial charge in [0.25, 0.3) is 0 Å². The molecular weight excluding hydrogens is 323 g/mol. The average molecular weight is 341 g/mol. The van der Waals surface area contributed by atoms with E-state index in [2.05, 4.69) is 50.3 Å². The van der Waals surface area contributed by atoms with Crippen molar-refractivity contribution in [2.45, 2.75) is 26.7 Å². The highest BCUT2D eigenvalue weighted by Gasteiger charge is 2.33. The highest BCUT2D eigenvalue weighted by atomic mass is 35.5. The second-order valence-corrected chi connectivity index (χ2v) is 7.88. The van der Waals surface area contributed by atoms with Gasteiger partial charge in [-0.05, 0) is 59.4 Å². The van der Waals surface area contributed by atoms with Gasteiger partial charge in [-0.1, -0.05) is 72.5 Å². The number of benzene rings is 2. The fourth-order valence-electron chi connectivity index (χ4n) is 3.62. The van der Waals surface area contributed by atoms with E-state index in [9.17, 15) is 0 Å². The summed E-state index contributed by atoms with van der Waals surface area (Å²) < 4.78 is 0. The summed E-state index contributed by atoms with van der Waals surface area (Å²) in [6.45, 7) is 4.65. The standard InChI is InChI=1S/C21H18Cl2/c1-21(2,17-7-13-3-5-19(22)11-15(13)9-17)18-8-14-4-6-20(23)12-16(14)10-18/h3-6,9-12H,7-8H2,1-2H3. The Morgan fingerprint density at radius 3 is 1.61 bits per heavy atom. The van der Waals surface area contributed by atoms with Gasteiger partial charge in [-0.2, -0.15) is 0 Å². The van der Waals surface area contributed by atoms with Gasteiger partial charge in [0.1, 0.15) is 0 Å². The molecule has 0 unspecified atom stereocenters. The molecule has 0 nitrogen and oxygen atoms in total. The Balaban J connectivity index is 1.68. The van der Waals surface area contributed by atoms with Crippen LogP contribution in [0.1, 0.15) is 36.1 Å². The average Bonchev–Trinajstić information content (AvgIpc) is 3.10. The molecule has 0 bridgehead atoms. The van der Waals surface area contributed by atoms with Crippen LogP contribution in [0, 0.1) is 5.41 Å². The Labute approximate surface area is 147 Å². The van der Waals surface area contributed by atoms with Crippen LogP contribution in [0.4, 0.5) is 0 Å². The van der Waals surface area contributed by atoms with Gasteiger partial charge >= 0.3 is 0 Å². The second kappa shape index (κ2) is 5.26. The van der Waals surface area contributed by atoms with Crippen LogP contribution >= 0.6 is 23.2 Å². The minimum Gasteiger partial charge on any atom is -0.0843 e. The zero-order valence-corrected chi connectivity index (χ0v) is 14.8. The minimum absolute atomic E-state index is 0.0387. The molecule has 0 saturated heterocycles. The molecule has 4 rings (SSSR count). The van der Waals surface area contributed by atoms with E-state index in [1.165, 1.54) is 33.4 Å². The fourth-order valence-corrected chi connectivity index (χ4v) is 3.98. The van der Waals surface area contributed by atoms with Crippen molar-refractivity contribution in [3.8, 4) is 0 Å². The van der Waals surface area contributed by atoms with Crippen LogP contribution in [0.2, 0.25) is 10.0 Å². The summed E-state index contributed by atoms with van der Waals surface area (Å²) >= 11 is 12.3. The molecule has 2 aromatic rings. The smallest absolute Gasteiger partial charge is 0.0412 e. The predicted molar refractivity (Wildman–Crippen MR) is 100 cm³/mol. The van der Waals surface area contributed by atoms with Crippen LogP contribution < -0.4 is 0 Å². The molecule has 0 fully saturated rings. The quantitative estimate of drug-likeness (QED) is 0.577. The van der Waals surface area contributed by atoms with Gasteiger partial charge < -0.3 is 0 Å². The first-order chi connectivity index (χ1) is 10.9. The number of fused-ring (bicyclic) bond motifs is 2. The SMILES string of the molecule is CC(C)(C1=Cc2cc(Cl)ccc2C1)C1=Cc2cc(Cl)ccc2C1. The summed E-state index contributed by atoms with van der Waals surface area (Å²) in [4.78, 5) is 0. The fraction of sp³-hybridized carbons (Fsp3) is 0.238. The van der Waals surface area contributed by atoms with E-state index < -0.39 is 0 Å². The zero-order valence-electron chi connectivity index (χ0n) is 13.3. The molecule has 0 spiro atoms. The Hall–Kier alpha value is -1.50. The molecule has 116 valence electrons. The van der Waals surface area contributed by atoms with Crippen LogP contribution in [0.25, 0.3) is 12.2 Å². The zero-order chi connectivity index (χ0) is 16.2. The number of rotatable bonds is 2. The second-order valence-electron chi connectivity index (χ2n) is 7.00. The van der Waals surface area contributed by atoms with Gasteiger partial charge in [-0.3, -0.25) is 0 Å². The molecule has 0 amide bonds. The van der Waals surface area contributed by atoms with Crippen LogP contribution in [-0.2, 0) is 12.8 Å². The highest BCUT2D eigenvalue weighted by molar-refractivity contribution is 6.31. The third kappa shape index (κ3) is 2.55. The number of hydrogen-bond acceptors (Lipinski definition) is 0. The van der Waals surface area contributed by atoms with E-state index in [1.807, 2.05) is 12.1 Å². The Morgan fingerprint density at radius 2 is 1.17 bits per heavy atom. The van der Waals surface area contributed by atoms with E-state index in [1.54, 1.807) is 0 Å². The topological polar surface area (TPSA) is 0 Å². The van der Waals surface area contributed by atoms with Gasteiger partial charge in [0.2, 0.25) is 0 Å². The third-order valence-corrected chi connectivity index (χ3v) is 5.71. The van der Waals surface area contributed by atoms with E-state index in [0.717, 1.165) is 22.9 Å². The number of hydrogen-bond donors (Lipinski definition) is 0. The maximum absolute atomic E-state index is 6.14. The predicted octanol–water partition coefficient (Wildman–Crippen LogP) is 6.60. The van der Waals surface area contributed by atoms with E-state index >= 15 is 0 Å². The lowest BCUT2D eigenvalue weighted by atomic mass is 9.75. The molecule has 0 saturated carbocycles. The Bertz CT molecular complexity index is 798. The molecule has 2 aromatic carbocycles. The molecular formula is C21H18Cl2. The lowest BCUT2D eigenvalue weighted by Crippen LogP contribution is -2.18. The summed E-state index contributed by atoms with van der Waals surface area (Å²) in [5.74, 6) is 0. The van der Waals surface area contributed by atoms with Crippen molar-refractivity contribution in [2.75, 3.05) is 0 Å². The van der Waals surface area contributed by atoms with Gasteiger partial charge in [0, 0.05) is 15.5 Å². The summed E-state index contributed by atoms with van der Waals surface area (Å²) in [6.07, 6.45) is 6.65.